The summed E-state index contributed by atoms with van der Waals surface area (Å²) in [6.07, 6.45) is 2.25. The van der Waals surface area contributed by atoms with Gasteiger partial charge in [0, 0.05) is 12.5 Å². The molecule has 110 valence electrons. The average molecular weight is 295 g/mol. The van der Waals surface area contributed by atoms with E-state index < -0.39 is 0 Å². The molecule has 0 aliphatic heterocycles. The van der Waals surface area contributed by atoms with Crippen LogP contribution in [0.5, 0.6) is 0 Å². The highest BCUT2D eigenvalue weighted by Crippen LogP contribution is 2.28. The first kappa shape index (κ1) is 15.0. The molecule has 0 bridgehead atoms. The van der Waals surface area contributed by atoms with Crippen molar-refractivity contribution < 1.29 is 0 Å². The van der Waals surface area contributed by atoms with Gasteiger partial charge < -0.3 is 0 Å². The molecule has 0 fully saturated rings. The average Bonchev–Trinajstić information content (AvgIpc) is 3.04. The number of hydrazine groups is 1. The zero-order valence-corrected chi connectivity index (χ0v) is 13.1. The minimum Gasteiger partial charge on any atom is -0.271 e. The highest BCUT2D eigenvalue weighted by atomic mass is 32.1. The van der Waals surface area contributed by atoms with Gasteiger partial charge in [0.15, 0.2) is 0 Å². The van der Waals surface area contributed by atoms with E-state index in [2.05, 4.69) is 52.8 Å². The van der Waals surface area contributed by atoms with Crippen molar-refractivity contribution >= 4 is 11.5 Å². The van der Waals surface area contributed by atoms with Crippen molar-refractivity contribution in [1.29, 1.82) is 0 Å². The number of aromatic nitrogens is 5. The Morgan fingerprint density at radius 1 is 1.35 bits per heavy atom. The SMILES string of the molecule is CC(C)c1nnsc1C(Cc1ncnn1C(C)C)NN. The molecule has 0 aliphatic carbocycles. The maximum atomic E-state index is 5.72. The number of rotatable bonds is 6. The maximum Gasteiger partial charge on any atom is 0.138 e. The second-order valence-electron chi connectivity index (χ2n) is 5.32. The van der Waals surface area contributed by atoms with Crippen molar-refractivity contribution in [3.63, 3.8) is 0 Å². The highest BCUT2D eigenvalue weighted by Gasteiger charge is 2.23. The van der Waals surface area contributed by atoms with E-state index in [1.165, 1.54) is 11.5 Å². The Morgan fingerprint density at radius 3 is 2.70 bits per heavy atom. The quantitative estimate of drug-likeness (QED) is 0.620. The smallest absolute Gasteiger partial charge is 0.138 e. The fraction of sp³-hybridized carbons (Fsp3) is 0.667. The van der Waals surface area contributed by atoms with Crippen LogP contribution in [0, 0.1) is 0 Å². The number of hydrogen-bond acceptors (Lipinski definition) is 7. The molecule has 3 N–H and O–H groups in total. The predicted molar refractivity (Wildman–Crippen MR) is 78.2 cm³/mol. The predicted octanol–water partition coefficient (Wildman–Crippen LogP) is 1.58. The van der Waals surface area contributed by atoms with Crippen LogP contribution < -0.4 is 11.3 Å². The molecular weight excluding hydrogens is 274 g/mol. The Kier molecular flexibility index (Phi) is 4.79. The van der Waals surface area contributed by atoms with Crippen LogP contribution in [0.25, 0.3) is 0 Å². The molecule has 1 atom stereocenters. The first-order chi connectivity index (χ1) is 9.54. The fourth-order valence-electron chi connectivity index (χ4n) is 2.11. The van der Waals surface area contributed by atoms with E-state index in [4.69, 9.17) is 5.84 Å². The largest absolute Gasteiger partial charge is 0.271 e. The van der Waals surface area contributed by atoms with E-state index in [-0.39, 0.29) is 12.1 Å². The molecule has 0 radical (unpaired) electrons. The Labute approximate surface area is 122 Å². The van der Waals surface area contributed by atoms with Crippen LogP contribution in [0.4, 0.5) is 0 Å². The number of nitrogens with zero attached hydrogens (tertiary/aromatic N) is 5. The van der Waals surface area contributed by atoms with Gasteiger partial charge in [-0.1, -0.05) is 18.3 Å². The number of nitrogens with two attached hydrogens (primary N) is 1. The Morgan fingerprint density at radius 2 is 2.10 bits per heavy atom. The summed E-state index contributed by atoms with van der Waals surface area (Å²) in [6.45, 7) is 8.36. The molecule has 2 aromatic rings. The Balaban J connectivity index is 2.25. The zero-order chi connectivity index (χ0) is 14.7. The molecule has 0 spiro atoms. The lowest BCUT2D eigenvalue weighted by Gasteiger charge is -2.17. The van der Waals surface area contributed by atoms with Crippen molar-refractivity contribution in [3.05, 3.63) is 22.7 Å². The molecule has 0 saturated carbocycles. The molecule has 7 nitrogen and oxygen atoms in total. The summed E-state index contributed by atoms with van der Waals surface area (Å²) < 4.78 is 5.96. The van der Waals surface area contributed by atoms with Gasteiger partial charge in [0.1, 0.15) is 12.2 Å². The summed E-state index contributed by atoms with van der Waals surface area (Å²) in [5.74, 6) is 6.95. The third kappa shape index (κ3) is 3.02. The van der Waals surface area contributed by atoms with Crippen LogP contribution in [0.1, 0.15) is 62.1 Å². The van der Waals surface area contributed by atoms with Gasteiger partial charge in [-0.15, -0.1) is 5.10 Å². The van der Waals surface area contributed by atoms with Gasteiger partial charge in [-0.3, -0.25) is 11.3 Å². The van der Waals surface area contributed by atoms with Crippen LogP contribution >= 0.6 is 11.5 Å². The molecule has 0 saturated heterocycles. The molecule has 0 aromatic carbocycles. The third-order valence-electron chi connectivity index (χ3n) is 3.13. The molecule has 0 amide bonds. The number of hydrogen-bond donors (Lipinski definition) is 2. The van der Waals surface area contributed by atoms with E-state index >= 15 is 0 Å². The van der Waals surface area contributed by atoms with E-state index in [0.29, 0.717) is 12.3 Å². The van der Waals surface area contributed by atoms with Gasteiger partial charge in [-0.25, -0.2) is 9.67 Å². The molecule has 2 heterocycles. The summed E-state index contributed by atoms with van der Waals surface area (Å²) >= 11 is 1.39. The molecule has 2 aromatic heterocycles. The van der Waals surface area contributed by atoms with Crippen molar-refractivity contribution in [2.24, 2.45) is 5.84 Å². The van der Waals surface area contributed by atoms with Crippen LogP contribution in [-0.2, 0) is 6.42 Å². The van der Waals surface area contributed by atoms with Gasteiger partial charge in [0.05, 0.1) is 16.6 Å². The van der Waals surface area contributed by atoms with Gasteiger partial charge in [0.25, 0.3) is 0 Å². The topological polar surface area (TPSA) is 94.5 Å². The standard InChI is InChI=1S/C12H21N7S/c1-7(2)11-12(20-18-17-11)9(16-13)5-10-14-6-15-19(10)8(3)4/h6-9,16H,5,13H2,1-4H3. The Hall–Kier alpha value is -1.38. The van der Waals surface area contributed by atoms with Crippen LogP contribution in [-0.4, -0.2) is 24.4 Å². The molecule has 1 unspecified atom stereocenters. The fourth-order valence-corrected chi connectivity index (χ4v) is 2.97. The molecular formula is C12H21N7S. The lowest BCUT2D eigenvalue weighted by molar-refractivity contribution is 0.469. The van der Waals surface area contributed by atoms with Gasteiger partial charge in [-0.2, -0.15) is 5.10 Å². The minimum absolute atomic E-state index is 0.0471. The van der Waals surface area contributed by atoms with Gasteiger partial charge in [-0.05, 0) is 31.3 Å². The lowest BCUT2D eigenvalue weighted by Crippen LogP contribution is -2.31. The van der Waals surface area contributed by atoms with Crippen molar-refractivity contribution in [3.8, 4) is 0 Å². The second kappa shape index (κ2) is 6.38. The maximum absolute atomic E-state index is 5.72. The number of nitrogens with one attached hydrogen (secondary N) is 1. The van der Waals surface area contributed by atoms with Gasteiger partial charge >= 0.3 is 0 Å². The van der Waals surface area contributed by atoms with E-state index in [1.807, 2.05) is 4.68 Å². The first-order valence-electron chi connectivity index (χ1n) is 6.71. The van der Waals surface area contributed by atoms with Crippen molar-refractivity contribution in [2.75, 3.05) is 0 Å². The molecule has 8 heteroatoms. The molecule has 0 aliphatic rings. The summed E-state index contributed by atoms with van der Waals surface area (Å²) in [5.41, 5.74) is 3.85. The third-order valence-corrected chi connectivity index (χ3v) is 3.98. The van der Waals surface area contributed by atoms with Crippen molar-refractivity contribution in [2.45, 2.75) is 52.1 Å². The van der Waals surface area contributed by atoms with E-state index in [0.717, 1.165) is 16.4 Å². The van der Waals surface area contributed by atoms with Gasteiger partial charge in [0.2, 0.25) is 0 Å². The summed E-state index contributed by atoms with van der Waals surface area (Å²) in [4.78, 5) is 5.40. The lowest BCUT2D eigenvalue weighted by atomic mass is 10.0. The highest BCUT2D eigenvalue weighted by molar-refractivity contribution is 7.05. The zero-order valence-electron chi connectivity index (χ0n) is 12.2. The van der Waals surface area contributed by atoms with Crippen LogP contribution in [0.3, 0.4) is 0 Å². The summed E-state index contributed by atoms with van der Waals surface area (Å²) in [6, 6.07) is 0.226. The normalized spacial score (nSPS) is 13.3. The Bertz CT molecular complexity index is 546. The van der Waals surface area contributed by atoms with E-state index in [9.17, 15) is 0 Å². The van der Waals surface area contributed by atoms with Crippen molar-refractivity contribution in [1.82, 2.24) is 29.8 Å². The van der Waals surface area contributed by atoms with Crippen LogP contribution in [0.15, 0.2) is 6.33 Å². The summed E-state index contributed by atoms with van der Waals surface area (Å²) in [5, 5.41) is 8.45. The second-order valence-corrected chi connectivity index (χ2v) is 6.10. The first-order valence-corrected chi connectivity index (χ1v) is 7.48. The molecule has 20 heavy (non-hydrogen) atoms. The minimum atomic E-state index is -0.0471. The summed E-state index contributed by atoms with van der Waals surface area (Å²) in [7, 11) is 0. The monoisotopic (exact) mass is 295 g/mol. The molecule has 2 rings (SSSR count). The van der Waals surface area contributed by atoms with E-state index in [1.54, 1.807) is 6.33 Å². The van der Waals surface area contributed by atoms with Crippen LogP contribution in [0.2, 0.25) is 0 Å².